The second-order valence-electron chi connectivity index (χ2n) is 6.29. The van der Waals surface area contributed by atoms with Crippen LogP contribution in [-0.2, 0) is 6.54 Å². The Morgan fingerprint density at radius 3 is 2.76 bits per heavy atom. The molecule has 1 aromatic heterocycles. The van der Waals surface area contributed by atoms with Gasteiger partial charge in [0.2, 0.25) is 0 Å². The van der Waals surface area contributed by atoms with Crippen LogP contribution >= 0.6 is 0 Å². The SMILES string of the molecule is Cc1c(O)ccc2c(C[NH+]3CCC(C)CC3)cc(=O)oc12. The van der Waals surface area contributed by atoms with Crippen molar-refractivity contribution in [2.24, 2.45) is 5.92 Å². The van der Waals surface area contributed by atoms with Crippen LogP contribution in [0, 0.1) is 12.8 Å². The number of quaternary nitrogens is 1. The van der Waals surface area contributed by atoms with Gasteiger partial charge in [-0.3, -0.25) is 0 Å². The summed E-state index contributed by atoms with van der Waals surface area (Å²) < 4.78 is 5.30. The standard InChI is InChI=1S/C17H21NO3/c1-11-5-7-18(8-6-11)10-13-9-16(20)21-17-12(2)15(19)4-3-14(13)17/h3-4,9,11,19H,5-8,10H2,1-2H3/p+1. The first-order valence-electron chi connectivity index (χ1n) is 7.63. The molecule has 112 valence electrons. The highest BCUT2D eigenvalue weighted by molar-refractivity contribution is 5.84. The Kier molecular flexibility index (Phi) is 3.72. The number of nitrogens with one attached hydrogen (secondary N) is 1. The predicted octanol–water partition coefficient (Wildman–Crippen LogP) is 1.62. The molecule has 0 saturated carbocycles. The summed E-state index contributed by atoms with van der Waals surface area (Å²) in [6.45, 7) is 7.23. The predicted molar refractivity (Wildman–Crippen MR) is 81.7 cm³/mol. The third kappa shape index (κ3) is 2.81. The van der Waals surface area contributed by atoms with E-state index < -0.39 is 0 Å². The molecule has 1 aromatic carbocycles. The quantitative estimate of drug-likeness (QED) is 0.826. The second kappa shape index (κ2) is 5.53. The Hall–Kier alpha value is -1.81. The largest absolute Gasteiger partial charge is 0.508 e. The van der Waals surface area contributed by atoms with Crippen molar-refractivity contribution in [2.75, 3.05) is 13.1 Å². The van der Waals surface area contributed by atoms with E-state index in [1.807, 2.05) is 6.07 Å². The van der Waals surface area contributed by atoms with Gasteiger partial charge in [0, 0.05) is 22.6 Å². The molecule has 0 spiro atoms. The minimum absolute atomic E-state index is 0.168. The number of fused-ring (bicyclic) bond motifs is 1. The molecule has 1 aliphatic heterocycles. The lowest BCUT2D eigenvalue weighted by atomic mass is 9.98. The smallest absolute Gasteiger partial charge is 0.336 e. The molecular weight excluding hydrogens is 266 g/mol. The first-order valence-corrected chi connectivity index (χ1v) is 7.63. The summed E-state index contributed by atoms with van der Waals surface area (Å²) in [6.07, 6.45) is 2.49. The van der Waals surface area contributed by atoms with E-state index in [0.29, 0.717) is 11.1 Å². The minimum atomic E-state index is -0.337. The van der Waals surface area contributed by atoms with Crippen LogP contribution < -0.4 is 10.5 Å². The monoisotopic (exact) mass is 288 g/mol. The average Bonchev–Trinajstić information content (AvgIpc) is 2.46. The van der Waals surface area contributed by atoms with Crippen molar-refractivity contribution >= 4 is 11.0 Å². The Morgan fingerprint density at radius 2 is 2.05 bits per heavy atom. The number of benzene rings is 1. The third-order valence-electron chi connectivity index (χ3n) is 4.64. The van der Waals surface area contributed by atoms with E-state index in [1.165, 1.54) is 17.7 Å². The van der Waals surface area contributed by atoms with Gasteiger partial charge in [-0.25, -0.2) is 4.79 Å². The highest BCUT2D eigenvalue weighted by atomic mass is 16.4. The van der Waals surface area contributed by atoms with Crippen LogP contribution in [-0.4, -0.2) is 18.2 Å². The van der Waals surface area contributed by atoms with E-state index >= 15 is 0 Å². The summed E-state index contributed by atoms with van der Waals surface area (Å²) >= 11 is 0. The summed E-state index contributed by atoms with van der Waals surface area (Å²) in [6, 6.07) is 5.13. The Balaban J connectivity index is 1.98. The zero-order valence-electron chi connectivity index (χ0n) is 12.6. The summed E-state index contributed by atoms with van der Waals surface area (Å²) in [5.41, 5.74) is 1.83. The van der Waals surface area contributed by atoms with E-state index in [9.17, 15) is 9.90 Å². The molecule has 2 aromatic rings. The van der Waals surface area contributed by atoms with Crippen molar-refractivity contribution in [3.8, 4) is 5.75 Å². The van der Waals surface area contributed by atoms with Gasteiger partial charge in [0.05, 0.1) is 13.1 Å². The van der Waals surface area contributed by atoms with Gasteiger partial charge >= 0.3 is 5.63 Å². The van der Waals surface area contributed by atoms with Crippen molar-refractivity contribution in [1.82, 2.24) is 0 Å². The molecule has 0 amide bonds. The van der Waals surface area contributed by atoms with Crippen molar-refractivity contribution < 1.29 is 14.4 Å². The molecule has 21 heavy (non-hydrogen) atoms. The summed E-state index contributed by atoms with van der Waals surface area (Å²) in [7, 11) is 0. The molecule has 0 atom stereocenters. The van der Waals surface area contributed by atoms with Gasteiger partial charge in [0.25, 0.3) is 0 Å². The normalized spacial score (nSPS) is 22.6. The van der Waals surface area contributed by atoms with Crippen LogP contribution in [0.25, 0.3) is 11.0 Å². The number of hydrogen-bond donors (Lipinski definition) is 2. The second-order valence-corrected chi connectivity index (χ2v) is 6.29. The molecule has 4 heteroatoms. The van der Waals surface area contributed by atoms with E-state index in [1.54, 1.807) is 19.1 Å². The number of aromatic hydroxyl groups is 1. The molecule has 2 heterocycles. The van der Waals surface area contributed by atoms with Crippen molar-refractivity contribution in [1.29, 1.82) is 0 Å². The van der Waals surface area contributed by atoms with Gasteiger partial charge in [-0.05, 0) is 37.8 Å². The lowest BCUT2D eigenvalue weighted by Crippen LogP contribution is -3.11. The lowest BCUT2D eigenvalue weighted by molar-refractivity contribution is -0.919. The topological polar surface area (TPSA) is 54.9 Å². The van der Waals surface area contributed by atoms with E-state index in [0.717, 1.165) is 36.5 Å². The van der Waals surface area contributed by atoms with E-state index in [4.69, 9.17) is 4.42 Å². The van der Waals surface area contributed by atoms with E-state index in [-0.39, 0.29) is 11.4 Å². The van der Waals surface area contributed by atoms with Crippen LogP contribution in [0.3, 0.4) is 0 Å². The first-order chi connectivity index (χ1) is 10.0. The zero-order valence-corrected chi connectivity index (χ0v) is 12.6. The summed E-state index contributed by atoms with van der Waals surface area (Å²) in [5.74, 6) is 0.979. The van der Waals surface area contributed by atoms with Gasteiger partial charge < -0.3 is 14.4 Å². The van der Waals surface area contributed by atoms with Gasteiger partial charge in [0.1, 0.15) is 17.9 Å². The zero-order chi connectivity index (χ0) is 15.0. The fourth-order valence-corrected chi connectivity index (χ4v) is 3.18. The third-order valence-corrected chi connectivity index (χ3v) is 4.64. The highest BCUT2D eigenvalue weighted by Crippen LogP contribution is 2.27. The van der Waals surface area contributed by atoms with Gasteiger partial charge in [0.15, 0.2) is 0 Å². The van der Waals surface area contributed by atoms with Crippen LogP contribution in [0.4, 0.5) is 0 Å². The maximum Gasteiger partial charge on any atom is 0.336 e. The molecule has 0 aliphatic carbocycles. The van der Waals surface area contributed by atoms with E-state index in [2.05, 4.69) is 6.92 Å². The maximum absolute atomic E-state index is 11.8. The highest BCUT2D eigenvalue weighted by Gasteiger charge is 2.21. The Labute approximate surface area is 124 Å². The molecular formula is C17H22NO3+. The molecule has 0 bridgehead atoms. The lowest BCUT2D eigenvalue weighted by Gasteiger charge is -2.27. The molecule has 3 rings (SSSR count). The molecule has 1 fully saturated rings. The maximum atomic E-state index is 11.8. The van der Waals surface area contributed by atoms with Gasteiger partial charge in [-0.15, -0.1) is 0 Å². The number of likely N-dealkylation sites (tertiary alicyclic amines) is 1. The Bertz CT molecular complexity index is 712. The molecule has 0 radical (unpaired) electrons. The van der Waals surface area contributed by atoms with Crippen molar-refractivity contribution in [3.05, 3.63) is 39.7 Å². The van der Waals surface area contributed by atoms with Gasteiger partial charge in [-0.2, -0.15) is 0 Å². The molecule has 1 aliphatic rings. The number of phenols is 1. The van der Waals surface area contributed by atoms with Crippen molar-refractivity contribution in [3.63, 3.8) is 0 Å². The Morgan fingerprint density at radius 1 is 1.33 bits per heavy atom. The first kappa shape index (κ1) is 14.1. The fraction of sp³-hybridized carbons (Fsp3) is 0.471. The molecule has 1 saturated heterocycles. The molecule has 2 N–H and O–H groups in total. The summed E-state index contributed by atoms with van der Waals surface area (Å²) in [5, 5.41) is 10.7. The van der Waals surface area contributed by atoms with Crippen LogP contribution in [0.5, 0.6) is 5.75 Å². The van der Waals surface area contributed by atoms with Crippen LogP contribution in [0.2, 0.25) is 0 Å². The summed E-state index contributed by atoms with van der Waals surface area (Å²) in [4.78, 5) is 13.3. The average molecular weight is 288 g/mol. The number of rotatable bonds is 2. The van der Waals surface area contributed by atoms with Crippen LogP contribution in [0.1, 0.15) is 30.9 Å². The fourth-order valence-electron chi connectivity index (χ4n) is 3.18. The number of piperidine rings is 1. The molecule has 0 unspecified atom stereocenters. The molecule has 4 nitrogen and oxygen atoms in total. The van der Waals surface area contributed by atoms with Crippen molar-refractivity contribution in [2.45, 2.75) is 33.2 Å². The van der Waals surface area contributed by atoms with Gasteiger partial charge in [-0.1, -0.05) is 6.92 Å². The minimum Gasteiger partial charge on any atom is -0.508 e. The number of phenolic OH excluding ortho intramolecular Hbond substituents is 1. The number of hydrogen-bond acceptors (Lipinski definition) is 3. The van der Waals surface area contributed by atoms with Crippen LogP contribution in [0.15, 0.2) is 27.4 Å². The number of aryl methyl sites for hydroxylation is 1.